The van der Waals surface area contributed by atoms with Crippen LogP contribution in [0.5, 0.6) is 0 Å². The van der Waals surface area contributed by atoms with Crippen LogP contribution in [0.15, 0.2) is 84.5 Å². The molecule has 3 aromatic heterocycles. The highest BCUT2D eigenvalue weighted by atomic mass is 32.1. The van der Waals surface area contributed by atoms with Crippen LogP contribution in [-0.4, -0.2) is 19.9 Å². The molecule has 3 heterocycles. The second-order valence-corrected chi connectivity index (χ2v) is 8.40. The van der Waals surface area contributed by atoms with E-state index in [0.29, 0.717) is 0 Å². The predicted octanol–water partition coefficient (Wildman–Crippen LogP) is 6.69. The van der Waals surface area contributed by atoms with E-state index in [-0.39, 0.29) is 0 Å². The first kappa shape index (κ1) is 20.0. The molecule has 0 atom stereocenters. The number of benzene rings is 2. The minimum Gasteiger partial charge on any atom is -0.340 e. The Morgan fingerprint density at radius 2 is 1.59 bits per heavy atom. The number of nitrogens with zero attached hydrogens (tertiary/aromatic N) is 4. The van der Waals surface area contributed by atoms with Crippen LogP contribution < -0.4 is 5.32 Å². The highest BCUT2D eigenvalue weighted by molar-refractivity contribution is 7.13. The van der Waals surface area contributed by atoms with Crippen molar-refractivity contribution in [1.29, 1.82) is 0 Å². The highest BCUT2D eigenvalue weighted by Crippen LogP contribution is 2.30. The number of hydrogen-bond donors (Lipinski definition) is 1. The monoisotopic (exact) mass is 435 g/mol. The fourth-order valence-corrected chi connectivity index (χ4v) is 4.26. The lowest BCUT2D eigenvalue weighted by Gasteiger charge is -2.10. The van der Waals surface area contributed by atoms with E-state index in [9.17, 15) is 0 Å². The van der Waals surface area contributed by atoms with E-state index in [1.54, 1.807) is 17.5 Å². The van der Waals surface area contributed by atoms with Crippen molar-refractivity contribution in [1.82, 2.24) is 19.9 Å². The number of aryl methyl sites for hydroxylation is 2. The van der Waals surface area contributed by atoms with Crippen molar-refractivity contribution in [3.05, 3.63) is 95.9 Å². The van der Waals surface area contributed by atoms with Crippen molar-refractivity contribution >= 4 is 22.8 Å². The highest BCUT2D eigenvalue weighted by Gasteiger charge is 2.09. The van der Waals surface area contributed by atoms with Crippen LogP contribution in [0.1, 0.15) is 11.4 Å². The molecule has 0 aliphatic heterocycles. The Kier molecular flexibility index (Phi) is 5.44. The third kappa shape index (κ3) is 4.40. The molecule has 0 bridgehead atoms. The van der Waals surface area contributed by atoms with Gasteiger partial charge in [0.25, 0.3) is 0 Å². The number of rotatable bonds is 5. The average molecular weight is 436 g/mol. The molecule has 156 valence electrons. The smallest absolute Gasteiger partial charge is 0.134 e. The summed E-state index contributed by atoms with van der Waals surface area (Å²) in [4.78, 5) is 18.2. The Hall–Kier alpha value is -3.90. The van der Waals surface area contributed by atoms with Crippen LogP contribution in [0.25, 0.3) is 33.1 Å². The molecule has 5 nitrogen and oxygen atoms in total. The summed E-state index contributed by atoms with van der Waals surface area (Å²) in [7, 11) is 0. The molecule has 5 aromatic rings. The van der Waals surface area contributed by atoms with Gasteiger partial charge in [-0.2, -0.15) is 0 Å². The van der Waals surface area contributed by atoms with Gasteiger partial charge in [-0.05, 0) is 38.1 Å². The molecule has 6 heteroatoms. The van der Waals surface area contributed by atoms with E-state index in [1.165, 1.54) is 5.56 Å². The molecule has 0 aliphatic carbocycles. The zero-order chi connectivity index (χ0) is 21.9. The summed E-state index contributed by atoms with van der Waals surface area (Å²) in [5.41, 5.74) is 7.16. The first-order valence-electron chi connectivity index (χ1n) is 10.3. The van der Waals surface area contributed by atoms with Gasteiger partial charge in [0.15, 0.2) is 0 Å². The summed E-state index contributed by atoms with van der Waals surface area (Å²) >= 11 is 1.62. The van der Waals surface area contributed by atoms with Crippen LogP contribution in [0, 0.1) is 13.8 Å². The van der Waals surface area contributed by atoms with Crippen molar-refractivity contribution in [3.8, 4) is 33.1 Å². The van der Waals surface area contributed by atoms with Crippen molar-refractivity contribution in [2.45, 2.75) is 13.8 Å². The zero-order valence-electron chi connectivity index (χ0n) is 17.8. The topological polar surface area (TPSA) is 63.6 Å². The Balaban J connectivity index is 1.41. The average Bonchev–Trinajstić information content (AvgIpc) is 3.30. The van der Waals surface area contributed by atoms with E-state index < -0.39 is 0 Å². The molecule has 0 radical (unpaired) electrons. The molecular weight excluding hydrogens is 414 g/mol. The Morgan fingerprint density at radius 1 is 0.750 bits per heavy atom. The Bertz CT molecular complexity index is 1360. The minimum absolute atomic E-state index is 0.724. The van der Waals surface area contributed by atoms with E-state index in [4.69, 9.17) is 4.98 Å². The van der Waals surface area contributed by atoms with Crippen LogP contribution >= 0.6 is 11.3 Å². The van der Waals surface area contributed by atoms with Crippen LogP contribution in [0.2, 0.25) is 0 Å². The summed E-state index contributed by atoms with van der Waals surface area (Å²) in [6, 6.07) is 22.5. The minimum atomic E-state index is 0.724. The number of nitrogens with one attached hydrogen (secondary N) is 1. The van der Waals surface area contributed by atoms with Gasteiger partial charge in [-0.1, -0.05) is 42.0 Å². The molecule has 0 spiro atoms. The molecule has 32 heavy (non-hydrogen) atoms. The number of anilines is 2. The number of aromatic nitrogens is 4. The lowest BCUT2D eigenvalue weighted by Crippen LogP contribution is -1.99. The third-order valence-corrected chi connectivity index (χ3v) is 5.92. The molecule has 0 saturated carbocycles. The van der Waals surface area contributed by atoms with Gasteiger partial charge >= 0.3 is 0 Å². The second-order valence-electron chi connectivity index (χ2n) is 7.54. The molecule has 0 amide bonds. The number of hydrogen-bond acceptors (Lipinski definition) is 6. The van der Waals surface area contributed by atoms with Crippen LogP contribution in [0.3, 0.4) is 0 Å². The molecule has 5 rings (SSSR count). The summed E-state index contributed by atoms with van der Waals surface area (Å²) < 4.78 is 0. The van der Waals surface area contributed by atoms with Gasteiger partial charge in [0.1, 0.15) is 16.6 Å². The van der Waals surface area contributed by atoms with Gasteiger partial charge < -0.3 is 5.32 Å². The molecule has 2 aromatic carbocycles. The van der Waals surface area contributed by atoms with Gasteiger partial charge in [-0.3, -0.25) is 4.98 Å². The number of pyridine rings is 1. The van der Waals surface area contributed by atoms with Gasteiger partial charge in [-0.25, -0.2) is 15.0 Å². The summed E-state index contributed by atoms with van der Waals surface area (Å²) in [5.74, 6) is 1.49. The van der Waals surface area contributed by atoms with E-state index in [2.05, 4.69) is 69.0 Å². The predicted molar refractivity (Wildman–Crippen MR) is 131 cm³/mol. The Morgan fingerprint density at radius 3 is 2.41 bits per heavy atom. The molecular formula is C26H21N5S. The lowest BCUT2D eigenvalue weighted by atomic mass is 10.1. The van der Waals surface area contributed by atoms with E-state index in [1.807, 2.05) is 43.5 Å². The maximum Gasteiger partial charge on any atom is 0.134 e. The van der Waals surface area contributed by atoms with Crippen LogP contribution in [0.4, 0.5) is 11.5 Å². The van der Waals surface area contributed by atoms with Crippen LogP contribution in [-0.2, 0) is 0 Å². The van der Waals surface area contributed by atoms with E-state index >= 15 is 0 Å². The van der Waals surface area contributed by atoms with Crippen molar-refractivity contribution in [3.63, 3.8) is 0 Å². The normalized spacial score (nSPS) is 10.8. The van der Waals surface area contributed by atoms with Gasteiger partial charge in [-0.15, -0.1) is 11.3 Å². The summed E-state index contributed by atoms with van der Waals surface area (Å²) in [5, 5.41) is 6.46. The van der Waals surface area contributed by atoms with Gasteiger partial charge in [0.05, 0.1) is 11.4 Å². The molecule has 0 aliphatic rings. The second kappa shape index (κ2) is 8.69. The van der Waals surface area contributed by atoms with Crippen molar-refractivity contribution in [2.24, 2.45) is 0 Å². The first-order chi connectivity index (χ1) is 15.6. The largest absolute Gasteiger partial charge is 0.340 e. The molecule has 1 N–H and O–H groups in total. The fraction of sp³-hybridized carbons (Fsp3) is 0.0769. The molecule has 0 fully saturated rings. The van der Waals surface area contributed by atoms with Crippen molar-refractivity contribution in [2.75, 3.05) is 5.32 Å². The maximum absolute atomic E-state index is 4.80. The SMILES string of the molecule is Cc1ccc(-c2cc(Nc3cccc(-c4csc(-c5cccnc5)n4)c3)nc(C)n2)cc1. The lowest BCUT2D eigenvalue weighted by molar-refractivity contribution is 1.06. The Labute approximate surface area is 190 Å². The molecule has 0 saturated heterocycles. The van der Waals surface area contributed by atoms with Crippen molar-refractivity contribution < 1.29 is 0 Å². The quantitative estimate of drug-likeness (QED) is 0.333. The molecule has 0 unspecified atom stereocenters. The third-order valence-electron chi connectivity index (χ3n) is 5.03. The fourth-order valence-electron chi connectivity index (χ4n) is 3.44. The zero-order valence-corrected chi connectivity index (χ0v) is 18.6. The van der Waals surface area contributed by atoms with E-state index in [0.717, 1.165) is 50.4 Å². The van der Waals surface area contributed by atoms with Gasteiger partial charge in [0.2, 0.25) is 0 Å². The number of thiazole rings is 1. The summed E-state index contributed by atoms with van der Waals surface area (Å²) in [6.45, 7) is 3.99. The maximum atomic E-state index is 4.80. The first-order valence-corrected chi connectivity index (χ1v) is 11.2. The summed E-state index contributed by atoms with van der Waals surface area (Å²) in [6.07, 6.45) is 3.61. The van der Waals surface area contributed by atoms with Gasteiger partial charge in [0, 0.05) is 46.2 Å². The standard InChI is InChI=1S/C26H21N5S/c1-17-8-10-19(11-9-17)23-14-25(29-18(2)28-23)30-22-7-3-5-20(13-22)24-16-32-26(31-24)21-6-4-12-27-15-21/h3-16H,1-2H3,(H,28,29,30).